The Hall–Kier alpha value is -2.02. The Morgan fingerprint density at radius 1 is 0.967 bits per heavy atom. The van der Waals surface area contributed by atoms with E-state index in [4.69, 9.17) is 16.3 Å². The number of carbonyl (C=O) groups excluding carboxylic acids is 2. The molecule has 1 atom stereocenters. The first kappa shape index (κ1) is 21.2. The molecule has 2 fully saturated rings. The highest BCUT2D eigenvalue weighted by molar-refractivity contribution is 7.98. The fourth-order valence-electron chi connectivity index (χ4n) is 3.73. The number of hydrogen-bond acceptors (Lipinski definition) is 4. The van der Waals surface area contributed by atoms with Crippen molar-refractivity contribution in [3.8, 4) is 0 Å². The standard InChI is InChI=1S/C23H25ClN2O3S/c24-19-7-9-20(10-8-19)30-16-17-3-5-18(6-4-17)22(27)25-11-13-26(14-12-25)23(28)21-2-1-15-29-21/h3-10,21H,1-2,11-16H2. The summed E-state index contributed by atoms with van der Waals surface area (Å²) in [6.45, 7) is 2.93. The molecule has 5 nitrogen and oxygen atoms in total. The monoisotopic (exact) mass is 444 g/mol. The van der Waals surface area contributed by atoms with E-state index in [0.717, 1.165) is 28.5 Å². The van der Waals surface area contributed by atoms with Gasteiger partial charge < -0.3 is 14.5 Å². The van der Waals surface area contributed by atoms with E-state index < -0.39 is 0 Å². The summed E-state index contributed by atoms with van der Waals surface area (Å²) >= 11 is 7.66. The van der Waals surface area contributed by atoms with E-state index in [1.807, 2.05) is 58.3 Å². The molecule has 2 amide bonds. The largest absolute Gasteiger partial charge is 0.368 e. The van der Waals surface area contributed by atoms with Crippen molar-refractivity contribution in [1.29, 1.82) is 0 Å². The minimum Gasteiger partial charge on any atom is -0.368 e. The van der Waals surface area contributed by atoms with Gasteiger partial charge in [-0.3, -0.25) is 9.59 Å². The Labute approximate surface area is 186 Å². The van der Waals surface area contributed by atoms with Gasteiger partial charge in [-0.25, -0.2) is 0 Å². The first-order valence-electron chi connectivity index (χ1n) is 10.3. The van der Waals surface area contributed by atoms with Crippen LogP contribution in [0.3, 0.4) is 0 Å². The van der Waals surface area contributed by atoms with E-state index in [-0.39, 0.29) is 17.9 Å². The average molecular weight is 445 g/mol. The summed E-state index contributed by atoms with van der Waals surface area (Å²) in [7, 11) is 0. The Morgan fingerprint density at radius 2 is 1.63 bits per heavy atom. The highest BCUT2D eigenvalue weighted by Crippen LogP contribution is 2.24. The molecule has 0 bridgehead atoms. The number of piperazine rings is 1. The molecule has 0 N–H and O–H groups in total. The van der Waals surface area contributed by atoms with Gasteiger partial charge in [0.1, 0.15) is 6.10 Å². The fourth-order valence-corrected chi connectivity index (χ4v) is 4.71. The normalized spacial score (nSPS) is 19.2. The van der Waals surface area contributed by atoms with E-state index in [9.17, 15) is 9.59 Å². The number of halogens is 1. The lowest BCUT2D eigenvalue weighted by Gasteiger charge is -2.35. The molecular formula is C23H25ClN2O3S. The minimum atomic E-state index is -0.287. The van der Waals surface area contributed by atoms with Crippen LogP contribution in [0, 0.1) is 0 Å². The van der Waals surface area contributed by atoms with Gasteiger partial charge in [-0.15, -0.1) is 11.8 Å². The molecule has 2 aromatic carbocycles. The van der Waals surface area contributed by atoms with Crippen molar-refractivity contribution in [2.45, 2.75) is 29.6 Å². The number of ether oxygens (including phenoxy) is 1. The van der Waals surface area contributed by atoms with Gasteiger partial charge in [0, 0.05) is 54.0 Å². The molecule has 0 spiro atoms. The Bertz CT molecular complexity index is 874. The first-order chi connectivity index (χ1) is 14.6. The van der Waals surface area contributed by atoms with Crippen LogP contribution < -0.4 is 0 Å². The van der Waals surface area contributed by atoms with E-state index in [0.29, 0.717) is 38.3 Å². The van der Waals surface area contributed by atoms with Crippen LogP contribution in [-0.2, 0) is 15.3 Å². The smallest absolute Gasteiger partial charge is 0.253 e. The lowest BCUT2D eigenvalue weighted by molar-refractivity contribution is -0.142. The quantitative estimate of drug-likeness (QED) is 0.651. The molecule has 1 unspecified atom stereocenters. The number of thioether (sulfide) groups is 1. The number of nitrogens with zero attached hydrogens (tertiary/aromatic N) is 2. The molecule has 2 aliphatic rings. The first-order valence-corrected chi connectivity index (χ1v) is 11.6. The third kappa shape index (κ3) is 5.17. The zero-order chi connectivity index (χ0) is 20.9. The van der Waals surface area contributed by atoms with Gasteiger partial charge in [0.05, 0.1) is 0 Å². The van der Waals surface area contributed by atoms with Crippen LogP contribution in [0.2, 0.25) is 5.02 Å². The molecule has 7 heteroatoms. The van der Waals surface area contributed by atoms with Crippen molar-refractivity contribution in [2.75, 3.05) is 32.8 Å². The topological polar surface area (TPSA) is 49.9 Å². The molecule has 2 saturated heterocycles. The number of benzene rings is 2. The van der Waals surface area contributed by atoms with Crippen molar-refractivity contribution in [3.63, 3.8) is 0 Å². The van der Waals surface area contributed by atoms with E-state index in [2.05, 4.69) is 0 Å². The Morgan fingerprint density at radius 3 is 2.27 bits per heavy atom. The molecule has 2 heterocycles. The van der Waals surface area contributed by atoms with Gasteiger partial charge in [0.2, 0.25) is 0 Å². The number of amides is 2. The van der Waals surface area contributed by atoms with Gasteiger partial charge in [-0.05, 0) is 54.8 Å². The number of hydrogen-bond donors (Lipinski definition) is 0. The van der Waals surface area contributed by atoms with Gasteiger partial charge in [-0.2, -0.15) is 0 Å². The van der Waals surface area contributed by atoms with E-state index in [1.165, 1.54) is 5.56 Å². The predicted molar refractivity (Wildman–Crippen MR) is 119 cm³/mol. The summed E-state index contributed by atoms with van der Waals surface area (Å²) in [4.78, 5) is 30.1. The summed E-state index contributed by atoms with van der Waals surface area (Å²) < 4.78 is 5.50. The number of carbonyl (C=O) groups is 2. The second-order valence-electron chi connectivity index (χ2n) is 7.56. The zero-order valence-electron chi connectivity index (χ0n) is 16.8. The summed E-state index contributed by atoms with van der Waals surface area (Å²) in [5.74, 6) is 0.929. The highest BCUT2D eigenvalue weighted by Gasteiger charge is 2.31. The van der Waals surface area contributed by atoms with Crippen molar-refractivity contribution < 1.29 is 14.3 Å². The predicted octanol–water partition coefficient (Wildman–Crippen LogP) is 4.10. The van der Waals surface area contributed by atoms with Crippen LogP contribution >= 0.6 is 23.4 Å². The second kappa shape index (κ2) is 9.86. The van der Waals surface area contributed by atoms with Crippen LogP contribution in [0.4, 0.5) is 0 Å². The summed E-state index contributed by atoms with van der Waals surface area (Å²) in [6.07, 6.45) is 1.47. The van der Waals surface area contributed by atoms with Crippen LogP contribution in [0.5, 0.6) is 0 Å². The molecule has 0 aliphatic carbocycles. The van der Waals surface area contributed by atoms with Crippen LogP contribution in [0.25, 0.3) is 0 Å². The summed E-state index contributed by atoms with van der Waals surface area (Å²) in [5.41, 5.74) is 1.85. The van der Waals surface area contributed by atoms with Crippen LogP contribution in [-0.4, -0.2) is 60.5 Å². The minimum absolute atomic E-state index is 0.0242. The molecular weight excluding hydrogens is 420 g/mol. The third-order valence-electron chi connectivity index (χ3n) is 5.50. The van der Waals surface area contributed by atoms with Crippen LogP contribution in [0.1, 0.15) is 28.8 Å². The lowest BCUT2D eigenvalue weighted by Crippen LogP contribution is -2.52. The Balaban J connectivity index is 1.27. The maximum atomic E-state index is 12.8. The molecule has 158 valence electrons. The maximum absolute atomic E-state index is 12.8. The van der Waals surface area contributed by atoms with Gasteiger partial charge >= 0.3 is 0 Å². The molecule has 0 radical (unpaired) electrons. The average Bonchev–Trinajstić information content (AvgIpc) is 3.33. The summed E-state index contributed by atoms with van der Waals surface area (Å²) in [5, 5.41) is 0.735. The molecule has 2 aliphatic heterocycles. The van der Waals surface area contributed by atoms with Gasteiger partial charge in [0.15, 0.2) is 0 Å². The molecule has 30 heavy (non-hydrogen) atoms. The van der Waals surface area contributed by atoms with Crippen molar-refractivity contribution in [3.05, 3.63) is 64.7 Å². The van der Waals surface area contributed by atoms with Crippen molar-refractivity contribution in [2.24, 2.45) is 0 Å². The van der Waals surface area contributed by atoms with Gasteiger partial charge in [-0.1, -0.05) is 23.7 Å². The summed E-state index contributed by atoms with van der Waals surface area (Å²) in [6, 6.07) is 15.6. The molecule has 4 rings (SSSR count). The molecule has 0 saturated carbocycles. The lowest BCUT2D eigenvalue weighted by atomic mass is 10.1. The zero-order valence-corrected chi connectivity index (χ0v) is 18.3. The molecule has 2 aromatic rings. The van der Waals surface area contributed by atoms with E-state index in [1.54, 1.807) is 11.8 Å². The SMILES string of the molecule is O=C(c1ccc(CSc2ccc(Cl)cc2)cc1)N1CCN(C(=O)C2CCCO2)CC1. The van der Waals surface area contributed by atoms with Gasteiger partial charge in [0.25, 0.3) is 11.8 Å². The fraction of sp³-hybridized carbons (Fsp3) is 0.391. The van der Waals surface area contributed by atoms with Crippen LogP contribution in [0.15, 0.2) is 53.4 Å². The molecule has 0 aromatic heterocycles. The number of rotatable bonds is 5. The second-order valence-corrected chi connectivity index (χ2v) is 9.04. The van der Waals surface area contributed by atoms with E-state index >= 15 is 0 Å². The van der Waals surface area contributed by atoms with Crippen molar-refractivity contribution in [1.82, 2.24) is 9.80 Å². The Kier molecular flexibility index (Phi) is 6.97. The maximum Gasteiger partial charge on any atom is 0.253 e. The third-order valence-corrected chi connectivity index (χ3v) is 6.84. The highest BCUT2D eigenvalue weighted by atomic mass is 35.5. The van der Waals surface area contributed by atoms with Crippen molar-refractivity contribution >= 4 is 35.2 Å².